The molecule has 4 aromatic rings. The molecule has 15 heteroatoms. The van der Waals surface area contributed by atoms with Crippen molar-refractivity contribution >= 4 is 63.5 Å². The zero-order valence-electron chi connectivity index (χ0n) is 28.2. The second-order valence-electron chi connectivity index (χ2n) is 12.6. The predicted octanol–water partition coefficient (Wildman–Crippen LogP) is 4.97. The first-order chi connectivity index (χ1) is 23.1. The Balaban J connectivity index is 0.000000183. The van der Waals surface area contributed by atoms with E-state index in [1.807, 2.05) is 53.8 Å². The maximum Gasteiger partial charge on any atom is 0.308 e. The summed E-state index contributed by atoms with van der Waals surface area (Å²) in [6.45, 7) is 0. The first kappa shape index (κ1) is 38.4. The summed E-state index contributed by atoms with van der Waals surface area (Å²) in [5, 5.41) is 1.77. The summed E-state index contributed by atoms with van der Waals surface area (Å²) in [6, 6.07) is 13.9. The van der Waals surface area contributed by atoms with Crippen molar-refractivity contribution in [2.24, 2.45) is 31.7 Å². The van der Waals surface area contributed by atoms with Crippen LogP contribution in [0.25, 0.3) is 21.8 Å². The van der Waals surface area contributed by atoms with Crippen LogP contribution in [0.15, 0.2) is 70.7 Å². The molecule has 0 amide bonds. The molecule has 12 nitrogen and oxygen atoms in total. The number of benzene rings is 2. The van der Waals surface area contributed by atoms with E-state index in [9.17, 15) is 26.4 Å². The van der Waals surface area contributed by atoms with E-state index in [1.54, 1.807) is 24.3 Å². The maximum absolute atomic E-state index is 12.6. The number of ether oxygens (including phenoxy) is 2. The molecule has 0 spiro atoms. The molecule has 0 saturated heterocycles. The first-order valence-electron chi connectivity index (χ1n) is 16.1. The molecule has 2 aromatic heterocycles. The molecule has 49 heavy (non-hydrogen) atoms. The third-order valence-electron chi connectivity index (χ3n) is 9.20. The van der Waals surface area contributed by atoms with Gasteiger partial charge in [-0.1, -0.05) is 0 Å². The van der Waals surface area contributed by atoms with Gasteiger partial charge in [-0.25, -0.2) is 21.6 Å². The lowest BCUT2D eigenvalue weighted by Gasteiger charge is -2.27. The second kappa shape index (κ2) is 16.5. The minimum atomic E-state index is -3.62. The Hall–Kier alpha value is -3.43. The molecule has 0 aliphatic heterocycles. The summed E-state index contributed by atoms with van der Waals surface area (Å²) < 4.78 is 63.4. The van der Waals surface area contributed by atoms with Crippen LogP contribution in [0.4, 0.5) is 0 Å². The third-order valence-corrected chi connectivity index (χ3v) is 12.1. The van der Waals surface area contributed by atoms with E-state index in [0.717, 1.165) is 47.5 Å². The smallest absolute Gasteiger partial charge is 0.308 e. The molecule has 268 valence electrons. The number of hydrogen-bond acceptors (Lipinski definition) is 9. The van der Waals surface area contributed by atoms with Crippen LogP contribution in [0.1, 0.15) is 51.4 Å². The number of sulfonamides is 1. The molecule has 0 atom stereocenters. The minimum Gasteiger partial charge on any atom is -0.469 e. The number of carbonyl (C=O) groups is 2. The first-order valence-corrected chi connectivity index (χ1v) is 19.9. The van der Waals surface area contributed by atoms with Gasteiger partial charge >= 0.3 is 11.9 Å². The number of methoxy groups -OCH3 is 2. The lowest BCUT2D eigenvalue weighted by atomic mass is 9.86. The highest BCUT2D eigenvalue weighted by atomic mass is 35.7. The van der Waals surface area contributed by atoms with Gasteiger partial charge in [0.1, 0.15) is 0 Å². The number of hydrogen-bond donors (Lipinski definition) is 2. The number of fused-ring (bicyclic) bond motifs is 2. The van der Waals surface area contributed by atoms with Gasteiger partial charge in [0.05, 0.1) is 35.8 Å². The van der Waals surface area contributed by atoms with Crippen LogP contribution in [-0.4, -0.2) is 64.2 Å². The summed E-state index contributed by atoms with van der Waals surface area (Å²) in [5.41, 5.74) is 7.66. The molecule has 0 unspecified atom stereocenters. The van der Waals surface area contributed by atoms with Gasteiger partial charge in [-0.05, 0) is 99.9 Å². The number of aromatic nitrogens is 2. The van der Waals surface area contributed by atoms with E-state index < -0.39 is 19.1 Å². The van der Waals surface area contributed by atoms with Crippen LogP contribution in [0, 0.1) is 11.8 Å². The SMILES string of the molecule is COC(=O)C1CCC(N)CC1.COC(=O)C1CCC(NS(=O)(=O)c2ccc3c(ccn3C)c2)CC1.Cn1ccc2cc(S(=O)(=O)Cl)ccc21. The molecular formula is C34H45ClN4O8S2. The van der Waals surface area contributed by atoms with Crippen molar-refractivity contribution in [2.45, 2.75) is 73.2 Å². The lowest BCUT2D eigenvalue weighted by Crippen LogP contribution is -2.38. The fraction of sp³-hybridized carbons (Fsp3) is 0.471. The highest BCUT2D eigenvalue weighted by molar-refractivity contribution is 8.13. The minimum absolute atomic E-state index is 0.0723. The Kier molecular flexibility index (Phi) is 12.9. The normalized spacial score (nSPS) is 21.2. The van der Waals surface area contributed by atoms with Crippen molar-refractivity contribution in [2.75, 3.05) is 14.2 Å². The maximum atomic E-state index is 12.6. The highest BCUT2D eigenvalue weighted by Gasteiger charge is 2.30. The third kappa shape index (κ3) is 10.1. The number of nitrogens with two attached hydrogens (primary N) is 1. The number of carbonyl (C=O) groups excluding carboxylic acids is 2. The van der Waals surface area contributed by atoms with E-state index in [1.165, 1.54) is 20.3 Å². The molecule has 2 aromatic carbocycles. The molecule has 2 saturated carbocycles. The fourth-order valence-electron chi connectivity index (χ4n) is 6.26. The quantitative estimate of drug-likeness (QED) is 0.205. The molecule has 2 aliphatic carbocycles. The van der Waals surface area contributed by atoms with Gasteiger partial charge in [-0.15, -0.1) is 0 Å². The van der Waals surface area contributed by atoms with E-state index in [2.05, 4.69) is 9.46 Å². The standard InChI is InChI=1S/C17H22N2O4S.C9H8ClNO2S.C8H15NO2/c1-19-10-9-13-11-15(7-8-16(13)19)24(21,22)18-14-5-3-12(4-6-14)17(20)23-2;1-11-5-4-7-6-8(14(10,12)13)2-3-9(7)11;1-11-8(10)6-2-4-7(9)5-3-6/h7-12,14,18H,3-6H2,1-2H3;2-6H,1H3;6-7H,2-5,9H2,1H3. The van der Waals surface area contributed by atoms with Crippen molar-refractivity contribution < 1.29 is 35.9 Å². The molecule has 2 fully saturated rings. The molecule has 6 rings (SSSR count). The van der Waals surface area contributed by atoms with Crippen molar-refractivity contribution in [1.82, 2.24) is 13.9 Å². The van der Waals surface area contributed by atoms with Crippen molar-refractivity contribution in [3.63, 3.8) is 0 Å². The summed E-state index contributed by atoms with van der Waals surface area (Å²) >= 11 is 0. The van der Waals surface area contributed by atoms with Crippen LogP contribution >= 0.6 is 10.7 Å². The van der Waals surface area contributed by atoms with Crippen LogP contribution in [-0.2, 0) is 52.2 Å². The topological polar surface area (TPSA) is 169 Å². The average Bonchev–Trinajstić information content (AvgIpc) is 3.65. The van der Waals surface area contributed by atoms with Crippen molar-refractivity contribution in [3.8, 4) is 0 Å². The van der Waals surface area contributed by atoms with Gasteiger partial charge in [0, 0.05) is 71.1 Å². The van der Waals surface area contributed by atoms with Crippen molar-refractivity contribution in [1.29, 1.82) is 0 Å². The average molecular weight is 737 g/mol. The molecule has 0 bridgehead atoms. The number of halogens is 1. The summed E-state index contributed by atoms with van der Waals surface area (Å²) in [4.78, 5) is 23.0. The molecule has 2 heterocycles. The Bertz CT molecular complexity index is 1980. The summed E-state index contributed by atoms with van der Waals surface area (Å²) in [6.07, 6.45) is 10.1. The Morgan fingerprint density at radius 3 is 1.59 bits per heavy atom. The molecular weight excluding hydrogens is 692 g/mol. The van der Waals surface area contributed by atoms with E-state index in [4.69, 9.17) is 21.2 Å². The lowest BCUT2D eigenvalue weighted by molar-refractivity contribution is -0.147. The van der Waals surface area contributed by atoms with Gasteiger partial charge < -0.3 is 24.3 Å². The van der Waals surface area contributed by atoms with Gasteiger partial charge in [-0.2, -0.15) is 0 Å². The number of nitrogens with one attached hydrogen (secondary N) is 1. The van der Waals surface area contributed by atoms with Gasteiger partial charge in [0.2, 0.25) is 10.0 Å². The van der Waals surface area contributed by atoms with Gasteiger partial charge in [0.25, 0.3) is 9.05 Å². The molecule has 3 N–H and O–H groups in total. The number of aryl methyl sites for hydroxylation is 2. The number of rotatable bonds is 6. The van der Waals surface area contributed by atoms with Crippen LogP contribution in [0.3, 0.4) is 0 Å². The zero-order chi connectivity index (χ0) is 35.9. The monoisotopic (exact) mass is 736 g/mol. The van der Waals surface area contributed by atoms with E-state index >= 15 is 0 Å². The highest BCUT2D eigenvalue weighted by Crippen LogP contribution is 2.28. The van der Waals surface area contributed by atoms with Crippen LogP contribution in [0.2, 0.25) is 0 Å². The summed E-state index contributed by atoms with van der Waals surface area (Å²) in [7, 11) is 4.70. The van der Waals surface area contributed by atoms with E-state index in [-0.39, 0.29) is 39.6 Å². The second-order valence-corrected chi connectivity index (χ2v) is 16.8. The van der Waals surface area contributed by atoms with E-state index in [0.29, 0.717) is 31.7 Å². The Labute approximate surface area is 292 Å². The van der Waals surface area contributed by atoms with Gasteiger partial charge in [0.15, 0.2) is 0 Å². The molecule has 0 radical (unpaired) electrons. The largest absolute Gasteiger partial charge is 0.469 e. The molecule has 2 aliphatic rings. The summed E-state index contributed by atoms with van der Waals surface area (Å²) in [5.74, 6) is -0.279. The Morgan fingerprint density at radius 1 is 0.714 bits per heavy atom. The van der Waals surface area contributed by atoms with Crippen molar-refractivity contribution in [3.05, 3.63) is 60.9 Å². The van der Waals surface area contributed by atoms with Crippen LogP contribution < -0.4 is 10.5 Å². The zero-order valence-corrected chi connectivity index (χ0v) is 30.6. The fourth-order valence-corrected chi connectivity index (χ4v) is 8.39. The number of nitrogens with zero attached hydrogens (tertiary/aromatic N) is 2. The van der Waals surface area contributed by atoms with Crippen LogP contribution in [0.5, 0.6) is 0 Å². The number of esters is 2. The van der Waals surface area contributed by atoms with Gasteiger partial charge in [-0.3, -0.25) is 9.59 Å². The predicted molar refractivity (Wildman–Crippen MR) is 189 cm³/mol. The Morgan fingerprint density at radius 2 is 1.14 bits per heavy atom.